The predicted octanol–water partition coefficient (Wildman–Crippen LogP) is 1.15. The molecule has 7 heteroatoms. The van der Waals surface area contributed by atoms with Crippen LogP contribution in [0.5, 0.6) is 0 Å². The molecule has 0 bridgehead atoms. The number of carboxylic acids is 1. The van der Waals surface area contributed by atoms with Crippen molar-refractivity contribution in [1.29, 1.82) is 0 Å². The van der Waals surface area contributed by atoms with Gasteiger partial charge in [-0.1, -0.05) is 0 Å². The quantitative estimate of drug-likeness (QED) is 0.733. The zero-order valence-corrected chi connectivity index (χ0v) is 13.2. The van der Waals surface area contributed by atoms with Gasteiger partial charge in [0.15, 0.2) is 0 Å². The molecule has 0 saturated carbocycles. The van der Waals surface area contributed by atoms with Crippen molar-refractivity contribution in [2.45, 2.75) is 39.7 Å². The van der Waals surface area contributed by atoms with Gasteiger partial charge in [0.25, 0.3) is 0 Å². The van der Waals surface area contributed by atoms with E-state index in [-0.39, 0.29) is 6.03 Å². The van der Waals surface area contributed by atoms with Crippen LogP contribution in [0.15, 0.2) is 12.3 Å². The molecule has 3 N–H and O–H groups in total. The standard InChI is InChI=1S/C14H24N4O3/c1-13(2,11(19)20)14(3,4)16-12(21)15-8-6-10-7-9-18(5)17-10/h7,9H,6,8H2,1-5H3,(H,19,20)(H2,15,16,21). The Morgan fingerprint density at radius 1 is 1.33 bits per heavy atom. The molecule has 0 fully saturated rings. The van der Waals surface area contributed by atoms with Gasteiger partial charge in [-0.25, -0.2) is 4.79 Å². The summed E-state index contributed by atoms with van der Waals surface area (Å²) in [6.07, 6.45) is 2.46. The summed E-state index contributed by atoms with van der Waals surface area (Å²) in [7, 11) is 1.83. The number of aromatic nitrogens is 2. The molecule has 0 saturated heterocycles. The number of urea groups is 1. The maximum absolute atomic E-state index is 11.9. The molecular formula is C14H24N4O3. The zero-order valence-electron chi connectivity index (χ0n) is 13.2. The van der Waals surface area contributed by atoms with E-state index in [2.05, 4.69) is 15.7 Å². The fraction of sp³-hybridized carbons (Fsp3) is 0.643. The Kier molecular flexibility index (Phi) is 4.98. The molecule has 2 amide bonds. The second-order valence-electron chi connectivity index (χ2n) is 6.17. The monoisotopic (exact) mass is 296 g/mol. The van der Waals surface area contributed by atoms with E-state index in [0.717, 1.165) is 5.69 Å². The lowest BCUT2D eigenvalue weighted by Crippen LogP contribution is -2.59. The van der Waals surface area contributed by atoms with Gasteiger partial charge in [-0.15, -0.1) is 0 Å². The van der Waals surface area contributed by atoms with Crippen LogP contribution in [0.25, 0.3) is 0 Å². The normalized spacial score (nSPS) is 12.0. The summed E-state index contributed by atoms with van der Waals surface area (Å²) in [5, 5.41) is 18.9. The Balaban J connectivity index is 2.48. The molecule has 1 aromatic heterocycles. The third-order valence-electron chi connectivity index (χ3n) is 3.96. The first-order chi connectivity index (χ1) is 9.56. The predicted molar refractivity (Wildman–Crippen MR) is 78.9 cm³/mol. The molecule has 0 atom stereocenters. The van der Waals surface area contributed by atoms with Crippen LogP contribution in [0.4, 0.5) is 4.79 Å². The molecule has 0 spiro atoms. The van der Waals surface area contributed by atoms with Crippen LogP contribution in [0, 0.1) is 5.41 Å². The van der Waals surface area contributed by atoms with E-state index in [4.69, 9.17) is 0 Å². The SMILES string of the molecule is Cn1ccc(CCNC(=O)NC(C)(C)C(C)(C)C(=O)O)n1. The van der Waals surface area contributed by atoms with Crippen molar-refractivity contribution in [3.8, 4) is 0 Å². The molecule has 1 heterocycles. The third-order valence-corrected chi connectivity index (χ3v) is 3.96. The first-order valence-corrected chi connectivity index (χ1v) is 6.84. The maximum atomic E-state index is 11.9. The fourth-order valence-electron chi connectivity index (χ4n) is 1.65. The summed E-state index contributed by atoms with van der Waals surface area (Å²) in [5.41, 5.74) is -1.07. The molecule has 1 aromatic rings. The second kappa shape index (κ2) is 6.15. The van der Waals surface area contributed by atoms with Gasteiger partial charge in [-0.2, -0.15) is 5.10 Å². The average molecular weight is 296 g/mol. The van der Waals surface area contributed by atoms with Crippen molar-refractivity contribution in [1.82, 2.24) is 20.4 Å². The van der Waals surface area contributed by atoms with E-state index in [9.17, 15) is 14.7 Å². The van der Waals surface area contributed by atoms with Crippen molar-refractivity contribution in [3.05, 3.63) is 18.0 Å². The van der Waals surface area contributed by atoms with Crippen LogP contribution in [0.3, 0.4) is 0 Å². The van der Waals surface area contributed by atoms with Crippen molar-refractivity contribution in [3.63, 3.8) is 0 Å². The van der Waals surface area contributed by atoms with Crippen LogP contribution in [0.1, 0.15) is 33.4 Å². The minimum absolute atomic E-state index is 0.384. The van der Waals surface area contributed by atoms with Gasteiger partial charge in [-0.3, -0.25) is 9.48 Å². The van der Waals surface area contributed by atoms with Crippen molar-refractivity contribution >= 4 is 12.0 Å². The highest BCUT2D eigenvalue weighted by molar-refractivity contribution is 5.79. The summed E-state index contributed by atoms with van der Waals surface area (Å²) in [5.74, 6) is -0.957. The number of carboxylic acid groups (broad SMARTS) is 1. The number of hydrogen-bond acceptors (Lipinski definition) is 3. The number of carbonyl (C=O) groups excluding carboxylic acids is 1. The van der Waals surface area contributed by atoms with Crippen molar-refractivity contribution < 1.29 is 14.7 Å². The van der Waals surface area contributed by atoms with Crippen LogP contribution in [0.2, 0.25) is 0 Å². The molecule has 21 heavy (non-hydrogen) atoms. The van der Waals surface area contributed by atoms with Gasteiger partial charge in [0, 0.05) is 26.2 Å². The molecule has 0 aliphatic carbocycles. The average Bonchev–Trinajstić information content (AvgIpc) is 2.73. The van der Waals surface area contributed by atoms with Gasteiger partial charge in [0.1, 0.15) is 0 Å². The largest absolute Gasteiger partial charge is 0.481 e. The molecule has 0 unspecified atom stereocenters. The van der Waals surface area contributed by atoms with E-state index < -0.39 is 16.9 Å². The lowest BCUT2D eigenvalue weighted by molar-refractivity contribution is -0.150. The number of aryl methyl sites for hydroxylation is 1. The smallest absolute Gasteiger partial charge is 0.315 e. The number of amides is 2. The molecule has 1 rings (SSSR count). The summed E-state index contributed by atoms with van der Waals surface area (Å²) in [6, 6.07) is 1.50. The van der Waals surface area contributed by atoms with E-state index >= 15 is 0 Å². The van der Waals surface area contributed by atoms with Gasteiger partial charge < -0.3 is 15.7 Å². The summed E-state index contributed by atoms with van der Waals surface area (Å²) in [6.45, 7) is 7.00. The van der Waals surface area contributed by atoms with Crippen molar-refractivity contribution in [2.75, 3.05) is 6.54 Å². The summed E-state index contributed by atoms with van der Waals surface area (Å²) in [4.78, 5) is 23.2. The Bertz CT molecular complexity index is 520. The Labute approximate surface area is 124 Å². The second-order valence-corrected chi connectivity index (χ2v) is 6.17. The number of carbonyl (C=O) groups is 2. The minimum atomic E-state index is -1.08. The number of nitrogens with zero attached hydrogens (tertiary/aromatic N) is 2. The highest BCUT2D eigenvalue weighted by atomic mass is 16.4. The maximum Gasteiger partial charge on any atom is 0.315 e. The highest BCUT2D eigenvalue weighted by Crippen LogP contribution is 2.30. The van der Waals surface area contributed by atoms with E-state index in [1.54, 1.807) is 32.4 Å². The fourth-order valence-corrected chi connectivity index (χ4v) is 1.65. The molecule has 0 radical (unpaired) electrons. The van der Waals surface area contributed by atoms with Gasteiger partial charge in [0.2, 0.25) is 0 Å². The molecule has 0 aliphatic heterocycles. The summed E-state index contributed by atoms with van der Waals surface area (Å²) >= 11 is 0. The number of hydrogen-bond donors (Lipinski definition) is 3. The van der Waals surface area contributed by atoms with Crippen LogP contribution in [-0.2, 0) is 18.3 Å². The molecule has 0 aliphatic rings. The minimum Gasteiger partial charge on any atom is -0.481 e. The number of rotatable bonds is 6. The highest BCUT2D eigenvalue weighted by Gasteiger charge is 2.44. The molecular weight excluding hydrogens is 272 g/mol. The van der Waals surface area contributed by atoms with E-state index in [0.29, 0.717) is 13.0 Å². The van der Waals surface area contributed by atoms with Crippen LogP contribution >= 0.6 is 0 Å². The number of nitrogens with one attached hydrogen (secondary N) is 2. The first-order valence-electron chi connectivity index (χ1n) is 6.84. The van der Waals surface area contributed by atoms with Gasteiger partial charge in [-0.05, 0) is 33.8 Å². The van der Waals surface area contributed by atoms with E-state index in [1.807, 2.05) is 19.3 Å². The molecule has 0 aromatic carbocycles. The lowest BCUT2D eigenvalue weighted by atomic mass is 9.74. The lowest BCUT2D eigenvalue weighted by Gasteiger charge is -2.38. The zero-order chi connectivity index (χ0) is 16.3. The van der Waals surface area contributed by atoms with Gasteiger partial charge >= 0.3 is 12.0 Å². The third kappa shape index (κ3) is 4.21. The van der Waals surface area contributed by atoms with Crippen LogP contribution < -0.4 is 10.6 Å². The Morgan fingerprint density at radius 2 is 1.95 bits per heavy atom. The first kappa shape index (κ1) is 17.0. The van der Waals surface area contributed by atoms with Gasteiger partial charge in [0.05, 0.1) is 16.6 Å². The van der Waals surface area contributed by atoms with E-state index in [1.165, 1.54) is 0 Å². The Morgan fingerprint density at radius 3 is 2.43 bits per heavy atom. The van der Waals surface area contributed by atoms with Crippen molar-refractivity contribution in [2.24, 2.45) is 12.5 Å². The summed E-state index contributed by atoms with van der Waals surface area (Å²) < 4.78 is 1.70. The number of aliphatic carboxylic acids is 1. The van der Waals surface area contributed by atoms with Crippen LogP contribution in [-0.4, -0.2) is 39.0 Å². The molecule has 7 nitrogen and oxygen atoms in total. The topological polar surface area (TPSA) is 96.2 Å². The molecule has 118 valence electrons. The Hall–Kier alpha value is -2.05.